The number of rotatable bonds is 16. The molecule has 4 rings (SSSR count). The van der Waals surface area contributed by atoms with Crippen molar-refractivity contribution in [2.75, 3.05) is 6.54 Å². The Morgan fingerprint density at radius 2 is 1.51 bits per heavy atom. The number of carbonyl (C=O) groups is 6. The van der Waals surface area contributed by atoms with E-state index in [0.29, 0.717) is 25.7 Å². The van der Waals surface area contributed by atoms with E-state index in [1.807, 2.05) is 36.4 Å². The van der Waals surface area contributed by atoms with Crippen LogP contribution in [0.15, 0.2) is 60.7 Å². The molecule has 0 spiro atoms. The minimum atomic E-state index is -1.43. The topological polar surface area (TPSA) is 236 Å². The predicted octanol–water partition coefficient (Wildman–Crippen LogP) is -0.109. The molecule has 0 aliphatic carbocycles. The van der Waals surface area contributed by atoms with E-state index in [2.05, 4.69) is 26.6 Å². The summed E-state index contributed by atoms with van der Waals surface area (Å²) < 4.78 is 0. The lowest BCUT2D eigenvalue weighted by molar-refractivity contribution is -0.146. The number of nitrogens with zero attached hydrogens (tertiary/aromatic N) is 1. The van der Waals surface area contributed by atoms with Gasteiger partial charge in [-0.15, -0.1) is 0 Å². The molecule has 0 aromatic heterocycles. The Kier molecular flexibility index (Phi) is 13.1. The number of carboxylic acid groups (broad SMARTS) is 1. The van der Waals surface area contributed by atoms with E-state index in [-0.39, 0.29) is 56.2 Å². The first kappa shape index (κ1) is 36.4. The van der Waals surface area contributed by atoms with Crippen molar-refractivity contribution in [3.05, 3.63) is 71.8 Å². The summed E-state index contributed by atoms with van der Waals surface area (Å²) in [6.07, 6.45) is 1.75. The van der Waals surface area contributed by atoms with Gasteiger partial charge in [0.05, 0.1) is 12.8 Å². The summed E-state index contributed by atoms with van der Waals surface area (Å²) in [7, 11) is 0. The van der Waals surface area contributed by atoms with Crippen LogP contribution in [-0.2, 0) is 41.7 Å². The van der Waals surface area contributed by atoms with Crippen LogP contribution in [-0.4, -0.2) is 88.2 Å². The second-order valence-electron chi connectivity index (χ2n) is 12.3. The minimum Gasteiger partial charge on any atom is -0.481 e. The molecule has 0 bridgehead atoms. The zero-order chi connectivity index (χ0) is 35.3. The Bertz CT molecular complexity index is 1510. The second kappa shape index (κ2) is 17.6. The molecule has 262 valence electrons. The molecule has 2 aromatic rings. The van der Waals surface area contributed by atoms with Crippen LogP contribution < -0.4 is 32.3 Å². The average Bonchev–Trinajstić information content (AvgIpc) is 3.52. The lowest BCUT2D eigenvalue weighted by atomic mass is 9.97. The SMILES string of the molecule is N=C(N)NCCC[C@H](NC(=O)C1CC[C@@H]2CCC(NC(=O)Cc3ccccc3)C(=O)N12)C(=O)NC(CC(=O)O)C(=O)NCc1ccccc1. The van der Waals surface area contributed by atoms with Crippen LogP contribution in [0.25, 0.3) is 0 Å². The Morgan fingerprint density at radius 1 is 0.857 bits per heavy atom. The molecule has 15 heteroatoms. The summed E-state index contributed by atoms with van der Waals surface area (Å²) in [6.45, 7) is 0.328. The van der Waals surface area contributed by atoms with Gasteiger partial charge >= 0.3 is 5.97 Å². The van der Waals surface area contributed by atoms with Crippen LogP contribution in [0.3, 0.4) is 0 Å². The molecule has 15 nitrogen and oxygen atoms in total. The zero-order valence-electron chi connectivity index (χ0n) is 27.2. The molecular weight excluding hydrogens is 632 g/mol. The predicted molar refractivity (Wildman–Crippen MR) is 179 cm³/mol. The van der Waals surface area contributed by atoms with Crippen molar-refractivity contribution in [1.29, 1.82) is 5.41 Å². The van der Waals surface area contributed by atoms with Gasteiger partial charge in [-0.1, -0.05) is 60.7 Å². The average molecular weight is 677 g/mol. The number of nitrogens with two attached hydrogens (primary N) is 1. The van der Waals surface area contributed by atoms with Gasteiger partial charge in [-0.3, -0.25) is 34.2 Å². The fourth-order valence-corrected chi connectivity index (χ4v) is 6.21. The molecule has 2 heterocycles. The summed E-state index contributed by atoms with van der Waals surface area (Å²) in [4.78, 5) is 79.7. The third-order valence-electron chi connectivity index (χ3n) is 8.63. The second-order valence-corrected chi connectivity index (χ2v) is 12.3. The number of hydrogen-bond acceptors (Lipinski definition) is 7. The highest BCUT2D eigenvalue weighted by molar-refractivity contribution is 5.97. The molecule has 2 saturated heterocycles. The monoisotopic (exact) mass is 676 g/mol. The fourth-order valence-electron chi connectivity index (χ4n) is 6.21. The fraction of sp³-hybridized carbons (Fsp3) is 0.441. The quantitative estimate of drug-likeness (QED) is 0.0672. The van der Waals surface area contributed by atoms with Crippen molar-refractivity contribution in [2.45, 2.75) is 88.1 Å². The van der Waals surface area contributed by atoms with E-state index in [9.17, 15) is 33.9 Å². The number of fused-ring (bicyclic) bond motifs is 1. The molecule has 0 saturated carbocycles. The number of amides is 5. The lowest BCUT2D eigenvalue weighted by Gasteiger charge is -2.38. The highest BCUT2D eigenvalue weighted by Crippen LogP contribution is 2.33. The summed E-state index contributed by atoms with van der Waals surface area (Å²) >= 11 is 0. The van der Waals surface area contributed by atoms with Crippen LogP contribution in [0.4, 0.5) is 0 Å². The maximum atomic E-state index is 13.7. The Labute approximate surface area is 284 Å². The number of benzene rings is 2. The van der Waals surface area contributed by atoms with E-state index in [1.54, 1.807) is 24.3 Å². The van der Waals surface area contributed by atoms with Crippen LogP contribution in [0.2, 0.25) is 0 Å². The van der Waals surface area contributed by atoms with Crippen LogP contribution in [0, 0.1) is 5.41 Å². The van der Waals surface area contributed by atoms with Crippen molar-refractivity contribution in [2.24, 2.45) is 5.73 Å². The molecule has 9 N–H and O–H groups in total. The number of guanidine groups is 1. The molecule has 3 unspecified atom stereocenters. The van der Waals surface area contributed by atoms with Crippen molar-refractivity contribution < 1.29 is 33.9 Å². The van der Waals surface area contributed by atoms with E-state index < -0.39 is 54.3 Å². The third-order valence-corrected chi connectivity index (χ3v) is 8.63. The van der Waals surface area contributed by atoms with Gasteiger partial charge in [0, 0.05) is 19.1 Å². The standard InChI is InChI=1S/C34H44N8O7/c35-34(36)37-17-7-12-24(31(47)41-26(19-29(44)45)30(46)38-20-22-10-5-2-6-11-22)40-32(48)27-16-14-23-13-15-25(33(49)42(23)27)39-28(43)18-21-8-3-1-4-9-21/h1-6,8-11,23-27H,7,12-20H2,(H,38,46)(H,39,43)(H,40,48)(H,41,47)(H,44,45)(H4,35,36,37)/t23-,24-,25?,26?,27?/m0/s1. The minimum absolute atomic E-state index is 0.0611. The summed E-state index contributed by atoms with van der Waals surface area (Å²) in [5.74, 6) is -4.30. The third kappa shape index (κ3) is 10.8. The lowest BCUT2D eigenvalue weighted by Crippen LogP contribution is -2.60. The smallest absolute Gasteiger partial charge is 0.305 e. The van der Waals surface area contributed by atoms with Gasteiger partial charge in [0.1, 0.15) is 24.2 Å². The van der Waals surface area contributed by atoms with E-state index in [0.717, 1.165) is 11.1 Å². The molecule has 0 radical (unpaired) electrons. The normalized spacial score (nSPS) is 19.5. The summed E-state index contributed by atoms with van der Waals surface area (Å²) in [6, 6.07) is 13.6. The van der Waals surface area contributed by atoms with Gasteiger partial charge in [0.2, 0.25) is 29.5 Å². The van der Waals surface area contributed by atoms with E-state index in [1.165, 1.54) is 4.90 Å². The van der Waals surface area contributed by atoms with Gasteiger partial charge in [-0.25, -0.2) is 0 Å². The number of hydrogen-bond donors (Lipinski definition) is 8. The number of piperidine rings is 1. The Morgan fingerprint density at radius 3 is 2.16 bits per heavy atom. The highest BCUT2D eigenvalue weighted by atomic mass is 16.4. The molecule has 2 aromatic carbocycles. The number of aliphatic carboxylic acids is 1. The number of nitrogens with one attached hydrogen (secondary N) is 6. The van der Waals surface area contributed by atoms with Gasteiger partial charge < -0.3 is 42.3 Å². The zero-order valence-corrected chi connectivity index (χ0v) is 27.2. The molecule has 2 fully saturated rings. The number of carboxylic acids is 1. The summed E-state index contributed by atoms with van der Waals surface area (Å²) in [5, 5.41) is 30.1. The maximum absolute atomic E-state index is 13.7. The molecule has 5 amide bonds. The van der Waals surface area contributed by atoms with Crippen molar-refractivity contribution in [3.8, 4) is 0 Å². The highest BCUT2D eigenvalue weighted by Gasteiger charge is 2.47. The first-order chi connectivity index (χ1) is 23.5. The largest absolute Gasteiger partial charge is 0.481 e. The van der Waals surface area contributed by atoms with Crippen LogP contribution >= 0.6 is 0 Å². The molecule has 49 heavy (non-hydrogen) atoms. The summed E-state index contributed by atoms with van der Waals surface area (Å²) in [5.41, 5.74) is 6.95. The first-order valence-corrected chi connectivity index (χ1v) is 16.4. The van der Waals surface area contributed by atoms with Crippen LogP contribution in [0.1, 0.15) is 56.1 Å². The first-order valence-electron chi connectivity index (χ1n) is 16.4. The Balaban J connectivity index is 1.42. The molecule has 2 aliphatic heterocycles. The van der Waals surface area contributed by atoms with Crippen molar-refractivity contribution >= 4 is 41.5 Å². The molecule has 5 atom stereocenters. The van der Waals surface area contributed by atoms with Gasteiger partial charge in [-0.05, 0) is 49.7 Å². The van der Waals surface area contributed by atoms with Crippen LogP contribution in [0.5, 0.6) is 0 Å². The van der Waals surface area contributed by atoms with Gasteiger partial charge in [0.25, 0.3) is 0 Å². The number of carbonyl (C=O) groups excluding carboxylic acids is 5. The molecule has 2 aliphatic rings. The van der Waals surface area contributed by atoms with Crippen molar-refractivity contribution in [3.63, 3.8) is 0 Å². The van der Waals surface area contributed by atoms with Gasteiger partial charge in [0.15, 0.2) is 5.96 Å². The van der Waals surface area contributed by atoms with E-state index in [4.69, 9.17) is 11.1 Å². The van der Waals surface area contributed by atoms with Gasteiger partial charge in [-0.2, -0.15) is 0 Å². The Hall–Kier alpha value is -5.47. The molecular formula is C34H44N8O7. The van der Waals surface area contributed by atoms with E-state index >= 15 is 0 Å². The maximum Gasteiger partial charge on any atom is 0.305 e. The van der Waals surface area contributed by atoms with Crippen molar-refractivity contribution in [1.82, 2.24) is 31.5 Å².